The van der Waals surface area contributed by atoms with Crippen LogP contribution in [0.1, 0.15) is 53.4 Å². The molecule has 6 heteroatoms. The molecule has 0 aromatic carbocycles. The van der Waals surface area contributed by atoms with Gasteiger partial charge in [0.15, 0.2) is 11.4 Å². The second-order valence-electron chi connectivity index (χ2n) is 7.74. The summed E-state index contributed by atoms with van der Waals surface area (Å²) in [5.41, 5.74) is 4.82. The number of hydrogen-bond donors (Lipinski definition) is 0. The zero-order valence-corrected chi connectivity index (χ0v) is 15.2. The molecule has 0 atom stereocenters. The smallest absolute Gasteiger partial charge is 0.253 e. The standard InChI is InChI=1S/C19H21N5O/c1-10-6-11(2)21-18(20-10)24-17-13(12(3)23-24)7-14-15(22-17)8-19(4,5)9-16(14)25/h6-7H,8-9H2,1-5H3. The highest BCUT2D eigenvalue weighted by atomic mass is 16.1. The van der Waals surface area contributed by atoms with Gasteiger partial charge in [-0.05, 0) is 44.7 Å². The Bertz CT molecular complexity index is 1010. The van der Waals surface area contributed by atoms with E-state index in [1.54, 1.807) is 4.68 Å². The highest BCUT2D eigenvalue weighted by Crippen LogP contribution is 2.35. The van der Waals surface area contributed by atoms with E-state index in [1.807, 2.05) is 32.9 Å². The molecule has 128 valence electrons. The molecule has 0 aliphatic heterocycles. The molecule has 3 heterocycles. The Morgan fingerprint density at radius 1 is 1.00 bits per heavy atom. The number of aryl methyl sites for hydroxylation is 3. The van der Waals surface area contributed by atoms with Crippen molar-refractivity contribution < 1.29 is 4.79 Å². The second-order valence-corrected chi connectivity index (χ2v) is 7.74. The Balaban J connectivity index is 1.98. The first-order valence-corrected chi connectivity index (χ1v) is 8.49. The Hall–Kier alpha value is -2.63. The fraction of sp³-hybridized carbons (Fsp3) is 0.421. The first-order chi connectivity index (χ1) is 11.7. The number of nitrogens with zero attached hydrogens (tertiary/aromatic N) is 5. The summed E-state index contributed by atoms with van der Waals surface area (Å²) < 4.78 is 1.69. The third kappa shape index (κ3) is 2.62. The first kappa shape index (κ1) is 15.9. The number of aromatic nitrogens is 5. The van der Waals surface area contributed by atoms with Crippen molar-refractivity contribution in [3.8, 4) is 5.95 Å². The van der Waals surface area contributed by atoms with Crippen LogP contribution in [0.4, 0.5) is 0 Å². The van der Waals surface area contributed by atoms with Gasteiger partial charge in [0, 0.05) is 28.8 Å². The quantitative estimate of drug-likeness (QED) is 0.682. The van der Waals surface area contributed by atoms with Crippen molar-refractivity contribution in [1.82, 2.24) is 24.7 Å². The van der Waals surface area contributed by atoms with Gasteiger partial charge in [0.25, 0.3) is 5.95 Å². The molecule has 4 rings (SSSR count). The monoisotopic (exact) mass is 335 g/mol. The van der Waals surface area contributed by atoms with E-state index >= 15 is 0 Å². The molecule has 1 aliphatic rings. The number of hydrogen-bond acceptors (Lipinski definition) is 5. The summed E-state index contributed by atoms with van der Waals surface area (Å²) in [5.74, 6) is 0.680. The van der Waals surface area contributed by atoms with Gasteiger partial charge in [-0.25, -0.2) is 15.0 Å². The molecule has 0 unspecified atom stereocenters. The number of pyridine rings is 1. The average Bonchev–Trinajstić information content (AvgIpc) is 2.80. The van der Waals surface area contributed by atoms with Crippen LogP contribution >= 0.6 is 0 Å². The molecule has 0 fully saturated rings. The second kappa shape index (κ2) is 5.18. The van der Waals surface area contributed by atoms with Crippen LogP contribution < -0.4 is 0 Å². The van der Waals surface area contributed by atoms with Crippen molar-refractivity contribution in [2.75, 3.05) is 0 Å². The summed E-state index contributed by atoms with van der Waals surface area (Å²) in [6.45, 7) is 10.0. The number of ketones is 1. The normalized spacial score (nSPS) is 16.3. The van der Waals surface area contributed by atoms with Crippen LogP contribution in [0.25, 0.3) is 17.0 Å². The number of fused-ring (bicyclic) bond motifs is 2. The van der Waals surface area contributed by atoms with Gasteiger partial charge >= 0.3 is 0 Å². The Morgan fingerprint density at radius 3 is 2.36 bits per heavy atom. The van der Waals surface area contributed by atoms with Gasteiger partial charge in [0.2, 0.25) is 0 Å². The van der Waals surface area contributed by atoms with Gasteiger partial charge in [-0.2, -0.15) is 9.78 Å². The van der Waals surface area contributed by atoms with Crippen molar-refractivity contribution >= 4 is 16.8 Å². The van der Waals surface area contributed by atoms with E-state index in [0.717, 1.165) is 40.1 Å². The number of carbonyl (C=O) groups excluding carboxylic acids is 1. The summed E-state index contributed by atoms with van der Waals surface area (Å²) in [4.78, 5) is 26.4. The summed E-state index contributed by atoms with van der Waals surface area (Å²) in [6.07, 6.45) is 1.34. The molecule has 0 radical (unpaired) electrons. The molecule has 0 saturated carbocycles. The maximum atomic E-state index is 12.5. The summed E-state index contributed by atoms with van der Waals surface area (Å²) in [7, 11) is 0. The van der Waals surface area contributed by atoms with Crippen molar-refractivity contribution in [3.63, 3.8) is 0 Å². The lowest BCUT2D eigenvalue weighted by Gasteiger charge is -2.29. The van der Waals surface area contributed by atoms with E-state index in [0.29, 0.717) is 18.0 Å². The largest absolute Gasteiger partial charge is 0.294 e. The maximum Gasteiger partial charge on any atom is 0.253 e. The van der Waals surface area contributed by atoms with Crippen molar-refractivity contribution in [2.24, 2.45) is 5.41 Å². The van der Waals surface area contributed by atoms with Crippen molar-refractivity contribution in [1.29, 1.82) is 0 Å². The molecule has 0 amide bonds. The Labute approximate surface area is 146 Å². The SMILES string of the molecule is Cc1cc(C)nc(-n2nc(C)c3cc4c(nc32)CC(C)(C)CC4=O)n1. The van der Waals surface area contributed by atoms with E-state index in [1.165, 1.54) is 0 Å². The third-order valence-corrected chi connectivity index (χ3v) is 4.67. The fourth-order valence-corrected chi connectivity index (χ4v) is 3.58. The summed E-state index contributed by atoms with van der Waals surface area (Å²) in [6, 6.07) is 3.87. The molecule has 0 spiro atoms. The van der Waals surface area contributed by atoms with Crippen molar-refractivity contribution in [3.05, 3.63) is 40.5 Å². The molecular weight excluding hydrogens is 314 g/mol. The number of carbonyl (C=O) groups is 1. The van der Waals surface area contributed by atoms with Crippen LogP contribution in [0, 0.1) is 26.2 Å². The minimum atomic E-state index is -0.0684. The fourth-order valence-electron chi connectivity index (χ4n) is 3.58. The highest BCUT2D eigenvalue weighted by Gasteiger charge is 2.33. The van der Waals surface area contributed by atoms with E-state index < -0.39 is 0 Å². The molecular formula is C19H21N5O. The van der Waals surface area contributed by atoms with Gasteiger partial charge in [-0.15, -0.1) is 0 Å². The highest BCUT2D eigenvalue weighted by molar-refractivity contribution is 6.01. The number of Topliss-reactive ketones (excluding diaryl/α,β-unsaturated/α-hetero) is 1. The minimum Gasteiger partial charge on any atom is -0.294 e. The van der Waals surface area contributed by atoms with Gasteiger partial charge in [-0.3, -0.25) is 4.79 Å². The van der Waals surface area contributed by atoms with Gasteiger partial charge in [-0.1, -0.05) is 13.8 Å². The van der Waals surface area contributed by atoms with Crippen LogP contribution in [-0.4, -0.2) is 30.5 Å². The predicted molar refractivity (Wildman–Crippen MR) is 95.1 cm³/mol. The maximum absolute atomic E-state index is 12.5. The first-order valence-electron chi connectivity index (χ1n) is 8.49. The van der Waals surface area contributed by atoms with E-state index in [2.05, 4.69) is 28.9 Å². The van der Waals surface area contributed by atoms with E-state index in [-0.39, 0.29) is 11.2 Å². The topological polar surface area (TPSA) is 73.6 Å². The number of rotatable bonds is 1. The minimum absolute atomic E-state index is 0.0684. The zero-order valence-electron chi connectivity index (χ0n) is 15.2. The van der Waals surface area contributed by atoms with Gasteiger partial charge < -0.3 is 0 Å². The van der Waals surface area contributed by atoms with Gasteiger partial charge in [0.1, 0.15) is 0 Å². The van der Waals surface area contributed by atoms with Crippen molar-refractivity contribution in [2.45, 2.75) is 47.5 Å². The van der Waals surface area contributed by atoms with E-state index in [4.69, 9.17) is 4.98 Å². The lowest BCUT2D eigenvalue weighted by molar-refractivity contribution is 0.0910. The Morgan fingerprint density at radius 2 is 1.68 bits per heavy atom. The van der Waals surface area contributed by atoms with Crippen LogP contribution in [-0.2, 0) is 6.42 Å². The Kier molecular flexibility index (Phi) is 3.29. The molecule has 3 aromatic heterocycles. The summed E-state index contributed by atoms with van der Waals surface area (Å²) >= 11 is 0. The molecule has 3 aromatic rings. The van der Waals surface area contributed by atoms with Crippen LogP contribution in [0.2, 0.25) is 0 Å². The molecule has 0 saturated heterocycles. The molecule has 0 N–H and O–H groups in total. The molecule has 25 heavy (non-hydrogen) atoms. The van der Waals surface area contributed by atoms with Crippen LogP contribution in [0.3, 0.4) is 0 Å². The lowest BCUT2D eigenvalue weighted by atomic mass is 9.75. The lowest BCUT2D eigenvalue weighted by Crippen LogP contribution is -2.28. The predicted octanol–water partition coefficient (Wildman–Crippen LogP) is 3.29. The average molecular weight is 335 g/mol. The van der Waals surface area contributed by atoms with Crippen LogP contribution in [0.15, 0.2) is 12.1 Å². The molecule has 1 aliphatic carbocycles. The third-order valence-electron chi connectivity index (χ3n) is 4.67. The molecule has 6 nitrogen and oxygen atoms in total. The summed E-state index contributed by atoms with van der Waals surface area (Å²) in [5, 5.41) is 5.48. The van der Waals surface area contributed by atoms with E-state index in [9.17, 15) is 4.79 Å². The van der Waals surface area contributed by atoms with Crippen LogP contribution in [0.5, 0.6) is 0 Å². The zero-order chi connectivity index (χ0) is 17.9. The van der Waals surface area contributed by atoms with Gasteiger partial charge in [0.05, 0.1) is 11.4 Å². The molecule has 0 bridgehead atoms.